The van der Waals surface area contributed by atoms with E-state index in [0.29, 0.717) is 87.5 Å². The Bertz CT molecular complexity index is 2060. The molecule has 1 aromatic heterocycles. The molecule has 16 nitrogen and oxygen atoms in total. The largest absolute Gasteiger partial charge is 0.506 e. The molecule has 0 atom stereocenters. The minimum atomic E-state index is -5.08. The lowest BCUT2D eigenvalue weighted by Gasteiger charge is -2.47. The van der Waals surface area contributed by atoms with Crippen LogP contribution < -0.4 is 15.4 Å². The van der Waals surface area contributed by atoms with Crippen molar-refractivity contribution >= 4 is 41.0 Å². The van der Waals surface area contributed by atoms with Crippen LogP contribution in [0.15, 0.2) is 42.6 Å². The highest BCUT2D eigenvalue weighted by Gasteiger charge is 2.42. The number of ether oxygens (including phenoxy) is 3. The highest BCUT2D eigenvalue weighted by atomic mass is 35.5. The molecule has 1 spiro atoms. The monoisotopic (exact) mass is 919 g/mol. The second-order valence-electron chi connectivity index (χ2n) is 16.5. The van der Waals surface area contributed by atoms with Gasteiger partial charge in [0.2, 0.25) is 5.91 Å². The first-order chi connectivity index (χ1) is 30.7. The lowest BCUT2D eigenvalue weighted by Crippen LogP contribution is -2.58. The summed E-state index contributed by atoms with van der Waals surface area (Å²) in [4.78, 5) is 53.6. The molecule has 7 rings (SSSR count). The van der Waals surface area contributed by atoms with Crippen molar-refractivity contribution in [1.82, 2.24) is 30.2 Å². The van der Waals surface area contributed by atoms with Gasteiger partial charge in [0, 0.05) is 45.3 Å². The topological polar surface area (TPSA) is 199 Å². The molecule has 1 aliphatic carbocycles. The number of halogens is 4. The lowest BCUT2D eigenvalue weighted by atomic mass is 9.89. The van der Waals surface area contributed by atoms with Crippen molar-refractivity contribution in [3.63, 3.8) is 0 Å². The third kappa shape index (κ3) is 13.5. The number of anilines is 1. The maximum atomic E-state index is 13.5. The van der Waals surface area contributed by atoms with E-state index in [0.717, 1.165) is 70.1 Å². The summed E-state index contributed by atoms with van der Waals surface area (Å²) in [5.41, 5.74) is 3.71. The Labute approximate surface area is 374 Å². The van der Waals surface area contributed by atoms with Gasteiger partial charge in [-0.1, -0.05) is 61.2 Å². The maximum Gasteiger partial charge on any atom is 0.490 e. The number of benzene rings is 2. The first kappa shape index (κ1) is 48.5. The molecule has 2 saturated heterocycles. The Kier molecular flexibility index (Phi) is 17.3. The van der Waals surface area contributed by atoms with Crippen LogP contribution in [-0.2, 0) is 43.2 Å². The predicted octanol–water partition coefficient (Wildman–Crippen LogP) is 5.18. The number of likely N-dealkylation sites (tertiary alicyclic amines) is 1. The highest BCUT2D eigenvalue weighted by Crippen LogP contribution is 2.39. The number of carbonyl (C=O) groups is 4. The number of morpholine rings is 1. The number of fused-ring (bicyclic) bond motifs is 1. The SMILES string of the molecule is O=C(O)C(F)(F)F.O=C1COc2c(CCNCCN(C(=O)CCOCCc3cccc(CN4CCC5(CC4)CN(C(=O)c4[nH]ncc4Cl)CCO5)c3)C3CCCCC3)ccc(O)c2N1. The molecule has 0 unspecified atom stereocenters. The summed E-state index contributed by atoms with van der Waals surface area (Å²) in [7, 11) is 0. The molecule has 5 N–H and O–H groups in total. The molecular weight excluding hydrogens is 863 g/mol. The van der Waals surface area contributed by atoms with Crippen molar-refractivity contribution in [3.8, 4) is 11.5 Å². The number of nitrogens with one attached hydrogen (secondary N) is 3. The van der Waals surface area contributed by atoms with Gasteiger partial charge in [0.05, 0.1) is 49.6 Å². The van der Waals surface area contributed by atoms with Crippen LogP contribution >= 0.6 is 11.6 Å². The van der Waals surface area contributed by atoms with Crippen molar-refractivity contribution in [2.24, 2.45) is 0 Å². The molecule has 3 amide bonds. The average Bonchev–Trinajstić information content (AvgIpc) is 3.72. The smallest absolute Gasteiger partial charge is 0.490 e. The minimum Gasteiger partial charge on any atom is -0.506 e. The quantitative estimate of drug-likeness (QED) is 0.0934. The summed E-state index contributed by atoms with van der Waals surface area (Å²) >= 11 is 6.16. The van der Waals surface area contributed by atoms with Gasteiger partial charge in [-0.3, -0.25) is 24.4 Å². The molecule has 0 radical (unpaired) electrons. The number of aromatic nitrogens is 2. The fourth-order valence-electron chi connectivity index (χ4n) is 8.62. The molecule has 3 aliphatic heterocycles. The molecule has 4 heterocycles. The Balaban J connectivity index is 0.000000898. The fourth-order valence-corrected chi connectivity index (χ4v) is 8.79. The molecule has 0 bridgehead atoms. The van der Waals surface area contributed by atoms with Crippen LogP contribution in [0.4, 0.5) is 18.9 Å². The number of carbonyl (C=O) groups excluding carboxylic acids is 3. The Morgan fingerprint density at radius 2 is 1.78 bits per heavy atom. The molecule has 3 aromatic rings. The standard InChI is InChI=1S/C42H56ClN7O7.C2HF3O2/c43-34-26-45-47-38(34)41(54)49-21-24-57-42(29-49)14-18-48(19-15-42)27-31-6-4-5-30(25-31)12-22-55-23-13-37(53)50(33-7-2-1-3-8-33)20-17-44-16-11-32-9-10-35(51)39-40(32)56-28-36(52)46-39;3-2(4,5)1(6)7/h4-6,9-10,25-26,33,44,51H,1-3,7-8,11-24,27-29H2,(H,45,47)(H,46,52);(H,6,7). The van der Waals surface area contributed by atoms with Gasteiger partial charge in [-0.2, -0.15) is 18.3 Å². The number of rotatable bonds is 16. The van der Waals surface area contributed by atoms with Gasteiger partial charge in [0.1, 0.15) is 17.1 Å². The molecular formula is C44H57ClF3N7O9. The van der Waals surface area contributed by atoms with Gasteiger partial charge in [0.15, 0.2) is 12.4 Å². The van der Waals surface area contributed by atoms with Crippen molar-refractivity contribution in [2.75, 3.05) is 77.6 Å². The number of phenols is 1. The van der Waals surface area contributed by atoms with Crippen molar-refractivity contribution in [1.29, 1.82) is 0 Å². The first-order valence-electron chi connectivity index (χ1n) is 21.8. The third-order valence-electron chi connectivity index (χ3n) is 12.0. The zero-order valence-electron chi connectivity index (χ0n) is 35.7. The number of aliphatic carboxylic acids is 1. The number of hydrogen-bond donors (Lipinski definition) is 5. The number of carboxylic acids is 1. The zero-order valence-corrected chi connectivity index (χ0v) is 36.5. The summed E-state index contributed by atoms with van der Waals surface area (Å²) in [6.07, 6.45) is 5.50. The number of hydrogen-bond acceptors (Lipinski definition) is 11. The average molecular weight is 920 g/mol. The molecule has 1 saturated carbocycles. The second kappa shape index (κ2) is 22.8. The second-order valence-corrected chi connectivity index (χ2v) is 16.9. The number of nitrogens with zero attached hydrogens (tertiary/aromatic N) is 4. The number of phenolic OH excluding ortho intramolecular Hbond substituents is 1. The van der Waals surface area contributed by atoms with Crippen molar-refractivity contribution in [3.05, 3.63) is 70.0 Å². The number of alkyl halides is 3. The van der Waals surface area contributed by atoms with E-state index >= 15 is 0 Å². The molecule has 20 heteroatoms. The predicted molar refractivity (Wildman–Crippen MR) is 229 cm³/mol. The lowest BCUT2D eigenvalue weighted by molar-refractivity contribution is -0.192. The summed E-state index contributed by atoms with van der Waals surface area (Å²) in [5, 5.41) is 30.4. The Morgan fingerprint density at radius 3 is 2.50 bits per heavy atom. The van der Waals surface area contributed by atoms with E-state index in [-0.39, 0.29) is 41.7 Å². The molecule has 2 aromatic carbocycles. The van der Waals surface area contributed by atoms with Crippen molar-refractivity contribution < 1.29 is 56.8 Å². The van der Waals surface area contributed by atoms with E-state index in [1.165, 1.54) is 23.7 Å². The van der Waals surface area contributed by atoms with Crippen LogP contribution in [0.3, 0.4) is 0 Å². The summed E-state index contributed by atoms with van der Waals surface area (Å²) in [6.45, 7) is 7.10. The van der Waals surface area contributed by atoms with Gasteiger partial charge in [-0.05, 0) is 67.8 Å². The van der Waals surface area contributed by atoms with Crippen LogP contribution in [0.25, 0.3) is 0 Å². The molecule has 64 heavy (non-hydrogen) atoms. The zero-order chi connectivity index (χ0) is 45.7. The van der Waals surface area contributed by atoms with Crippen molar-refractivity contribution in [2.45, 2.75) is 88.6 Å². The number of piperidine rings is 1. The van der Waals surface area contributed by atoms with Gasteiger partial charge in [-0.25, -0.2) is 4.79 Å². The van der Waals surface area contributed by atoms with Gasteiger partial charge in [0.25, 0.3) is 11.8 Å². The first-order valence-corrected chi connectivity index (χ1v) is 22.2. The third-order valence-corrected chi connectivity index (χ3v) is 12.3. The number of carboxylic acid groups (broad SMARTS) is 1. The Hall–Kier alpha value is -4.95. The maximum absolute atomic E-state index is 13.5. The van der Waals surface area contributed by atoms with Crippen LogP contribution in [0.5, 0.6) is 11.5 Å². The summed E-state index contributed by atoms with van der Waals surface area (Å²) in [5.74, 6) is -2.51. The molecule has 350 valence electrons. The molecule has 4 aliphatic rings. The van der Waals surface area contributed by atoms with E-state index in [9.17, 15) is 32.7 Å². The van der Waals surface area contributed by atoms with Gasteiger partial charge < -0.3 is 44.9 Å². The number of amides is 3. The van der Waals surface area contributed by atoms with Gasteiger partial charge in [-0.15, -0.1) is 0 Å². The number of H-pyrrole nitrogens is 1. The van der Waals surface area contributed by atoms with E-state index in [4.69, 9.17) is 35.7 Å². The summed E-state index contributed by atoms with van der Waals surface area (Å²) < 4.78 is 49.7. The number of aromatic amines is 1. The summed E-state index contributed by atoms with van der Waals surface area (Å²) in [6, 6.07) is 12.3. The normalized spacial score (nSPS) is 17.8. The fraction of sp³-hybridized carbons (Fsp3) is 0.568. The van der Waals surface area contributed by atoms with Gasteiger partial charge >= 0.3 is 12.1 Å². The van der Waals surface area contributed by atoms with Crippen LogP contribution in [0.2, 0.25) is 5.02 Å². The molecule has 3 fully saturated rings. The van der Waals surface area contributed by atoms with E-state index in [1.54, 1.807) is 6.07 Å². The van der Waals surface area contributed by atoms with E-state index in [2.05, 4.69) is 54.9 Å². The van der Waals surface area contributed by atoms with Crippen LogP contribution in [0, 0.1) is 0 Å². The van der Waals surface area contributed by atoms with E-state index < -0.39 is 12.1 Å². The van der Waals surface area contributed by atoms with E-state index in [1.807, 2.05) is 11.0 Å². The van der Waals surface area contributed by atoms with Crippen LogP contribution in [0.1, 0.15) is 78.5 Å². The van der Waals surface area contributed by atoms with Crippen LogP contribution in [-0.4, -0.2) is 149 Å². The highest BCUT2D eigenvalue weighted by molar-refractivity contribution is 6.33. The Morgan fingerprint density at radius 1 is 1.03 bits per heavy atom. The minimum absolute atomic E-state index is 0.00738. The number of aromatic hydroxyl groups is 1.